The number of aliphatic hydroxyl groups is 2. The van der Waals surface area contributed by atoms with E-state index in [4.69, 9.17) is 5.11 Å². The fourth-order valence-corrected chi connectivity index (χ4v) is 2.20. The Balaban J connectivity index is 2.19. The van der Waals surface area contributed by atoms with E-state index < -0.39 is 0 Å². The number of amides is 1. The van der Waals surface area contributed by atoms with Gasteiger partial charge in [0.05, 0.1) is 19.1 Å². The van der Waals surface area contributed by atoms with Crippen molar-refractivity contribution in [1.29, 1.82) is 0 Å². The number of benzene rings is 1. The first kappa shape index (κ1) is 12.9. The van der Waals surface area contributed by atoms with Gasteiger partial charge in [0, 0.05) is 25.0 Å². The lowest BCUT2D eigenvalue weighted by atomic mass is 10.1. The molecule has 0 bridgehead atoms. The number of hydrogen-bond acceptors (Lipinski definition) is 4. The van der Waals surface area contributed by atoms with Gasteiger partial charge in [-0.25, -0.2) is 0 Å². The van der Waals surface area contributed by atoms with Crippen molar-refractivity contribution in [3.05, 3.63) is 23.8 Å². The Kier molecular flexibility index (Phi) is 3.84. The molecule has 0 saturated carbocycles. The van der Waals surface area contributed by atoms with Crippen LogP contribution in [0.4, 0.5) is 11.4 Å². The highest BCUT2D eigenvalue weighted by Gasteiger charge is 2.20. The minimum atomic E-state index is -0.113. The maximum absolute atomic E-state index is 11.3. The molecule has 0 saturated heterocycles. The Morgan fingerprint density at radius 1 is 1.44 bits per heavy atom. The Morgan fingerprint density at radius 2 is 2.22 bits per heavy atom. The van der Waals surface area contributed by atoms with Gasteiger partial charge in [-0.1, -0.05) is 0 Å². The zero-order chi connectivity index (χ0) is 13.1. The first-order valence-electron chi connectivity index (χ1n) is 6.03. The predicted octanol–water partition coefficient (Wildman–Crippen LogP) is 0.361. The number of nitrogens with zero attached hydrogens (tertiary/aromatic N) is 1. The molecule has 2 rings (SSSR count). The van der Waals surface area contributed by atoms with Gasteiger partial charge < -0.3 is 20.4 Å². The van der Waals surface area contributed by atoms with Crippen molar-refractivity contribution in [3.63, 3.8) is 0 Å². The number of rotatable bonds is 5. The minimum Gasteiger partial charge on any atom is -0.396 e. The normalized spacial score (nSPS) is 15.2. The van der Waals surface area contributed by atoms with Crippen LogP contribution in [0.1, 0.15) is 12.0 Å². The van der Waals surface area contributed by atoms with Gasteiger partial charge >= 0.3 is 0 Å². The third-order valence-electron chi connectivity index (χ3n) is 3.34. The average Bonchev–Trinajstić information content (AvgIpc) is 2.74. The van der Waals surface area contributed by atoms with Crippen molar-refractivity contribution < 1.29 is 15.0 Å². The molecule has 1 aromatic carbocycles. The zero-order valence-corrected chi connectivity index (χ0v) is 10.4. The van der Waals surface area contributed by atoms with E-state index in [0.717, 1.165) is 16.9 Å². The summed E-state index contributed by atoms with van der Waals surface area (Å²) in [6, 6.07) is 5.62. The van der Waals surface area contributed by atoms with E-state index in [0.29, 0.717) is 12.8 Å². The summed E-state index contributed by atoms with van der Waals surface area (Å²) in [7, 11) is 1.88. The second-order valence-electron chi connectivity index (χ2n) is 4.53. The van der Waals surface area contributed by atoms with Crippen LogP contribution in [0.25, 0.3) is 0 Å². The molecule has 0 aliphatic carbocycles. The molecular weight excluding hydrogens is 232 g/mol. The van der Waals surface area contributed by atoms with Gasteiger partial charge in [0.2, 0.25) is 5.91 Å². The average molecular weight is 250 g/mol. The van der Waals surface area contributed by atoms with Crippen molar-refractivity contribution in [1.82, 2.24) is 0 Å². The molecule has 1 amide bonds. The van der Waals surface area contributed by atoms with Gasteiger partial charge in [-0.05, 0) is 30.2 Å². The molecule has 1 aliphatic heterocycles. The summed E-state index contributed by atoms with van der Waals surface area (Å²) >= 11 is 0. The van der Waals surface area contributed by atoms with Gasteiger partial charge in [0.25, 0.3) is 0 Å². The first-order chi connectivity index (χ1) is 8.65. The predicted molar refractivity (Wildman–Crippen MR) is 69.8 cm³/mol. The number of fused-ring (bicyclic) bond motifs is 1. The van der Waals surface area contributed by atoms with Gasteiger partial charge in [0.15, 0.2) is 0 Å². The number of nitrogens with one attached hydrogen (secondary N) is 1. The molecule has 0 fully saturated rings. The molecule has 3 N–H and O–H groups in total. The maximum Gasteiger partial charge on any atom is 0.228 e. The van der Waals surface area contributed by atoms with Crippen LogP contribution in [-0.2, 0) is 11.2 Å². The lowest BCUT2D eigenvalue weighted by Gasteiger charge is -2.28. The van der Waals surface area contributed by atoms with Crippen LogP contribution in [0.15, 0.2) is 18.2 Å². The lowest BCUT2D eigenvalue weighted by Crippen LogP contribution is -2.35. The zero-order valence-electron chi connectivity index (χ0n) is 10.4. The van der Waals surface area contributed by atoms with E-state index in [1.54, 1.807) is 0 Å². The number of carbonyl (C=O) groups excluding carboxylic acids is 1. The molecule has 0 radical (unpaired) electrons. The summed E-state index contributed by atoms with van der Waals surface area (Å²) < 4.78 is 0. The van der Waals surface area contributed by atoms with Crippen LogP contribution in [0, 0.1) is 0 Å². The van der Waals surface area contributed by atoms with E-state index >= 15 is 0 Å². The number of likely N-dealkylation sites (N-methyl/N-ethyl adjacent to an activating group) is 1. The smallest absolute Gasteiger partial charge is 0.228 e. The topological polar surface area (TPSA) is 72.8 Å². The molecule has 1 aromatic rings. The van der Waals surface area contributed by atoms with Crippen LogP contribution in [0.3, 0.4) is 0 Å². The highest BCUT2D eigenvalue weighted by Crippen LogP contribution is 2.28. The van der Waals surface area contributed by atoms with Crippen LogP contribution in [-0.4, -0.2) is 42.4 Å². The fourth-order valence-electron chi connectivity index (χ4n) is 2.20. The summed E-state index contributed by atoms with van der Waals surface area (Å²) in [5.41, 5.74) is 2.78. The van der Waals surface area contributed by atoms with Crippen molar-refractivity contribution in [2.24, 2.45) is 0 Å². The summed E-state index contributed by atoms with van der Waals surface area (Å²) in [5, 5.41) is 21.1. The fraction of sp³-hybridized carbons (Fsp3) is 0.462. The van der Waals surface area contributed by atoms with Crippen LogP contribution >= 0.6 is 0 Å². The Morgan fingerprint density at radius 3 is 2.89 bits per heavy atom. The van der Waals surface area contributed by atoms with E-state index in [-0.39, 0.29) is 25.2 Å². The van der Waals surface area contributed by atoms with Crippen molar-refractivity contribution in [2.45, 2.75) is 18.9 Å². The van der Waals surface area contributed by atoms with Crippen LogP contribution < -0.4 is 10.2 Å². The third-order valence-corrected chi connectivity index (χ3v) is 3.34. The van der Waals surface area contributed by atoms with Crippen molar-refractivity contribution in [2.75, 3.05) is 30.5 Å². The van der Waals surface area contributed by atoms with E-state index in [2.05, 4.69) is 5.32 Å². The van der Waals surface area contributed by atoms with Crippen LogP contribution in [0.2, 0.25) is 0 Å². The van der Waals surface area contributed by atoms with Gasteiger partial charge in [0.1, 0.15) is 0 Å². The molecule has 0 spiro atoms. The molecular formula is C13H18N2O3. The number of hydrogen-bond donors (Lipinski definition) is 3. The SMILES string of the molecule is CN(c1ccc2c(c1)CC(=O)N2)C(CO)CCO. The summed E-state index contributed by atoms with van der Waals surface area (Å²) in [4.78, 5) is 13.2. The van der Waals surface area contributed by atoms with Gasteiger partial charge in [-0.15, -0.1) is 0 Å². The molecule has 1 heterocycles. The molecule has 5 nitrogen and oxygen atoms in total. The number of aliphatic hydroxyl groups excluding tert-OH is 2. The van der Waals surface area contributed by atoms with E-state index in [1.807, 2.05) is 30.1 Å². The van der Waals surface area contributed by atoms with Gasteiger partial charge in [-0.3, -0.25) is 4.79 Å². The van der Waals surface area contributed by atoms with E-state index in [9.17, 15) is 9.90 Å². The molecule has 5 heteroatoms. The summed E-state index contributed by atoms with van der Waals surface area (Å²) in [6.45, 7) is 0.0336. The largest absolute Gasteiger partial charge is 0.396 e. The molecule has 98 valence electrons. The Labute approximate surface area is 106 Å². The summed E-state index contributed by atoms with van der Waals surface area (Å²) in [5.74, 6) is 0.0128. The lowest BCUT2D eigenvalue weighted by molar-refractivity contribution is -0.115. The van der Waals surface area contributed by atoms with Crippen LogP contribution in [0.5, 0.6) is 0 Å². The maximum atomic E-state index is 11.3. The molecule has 0 aromatic heterocycles. The highest BCUT2D eigenvalue weighted by molar-refractivity contribution is 5.99. The second-order valence-corrected chi connectivity index (χ2v) is 4.53. The van der Waals surface area contributed by atoms with Gasteiger partial charge in [-0.2, -0.15) is 0 Å². The first-order valence-corrected chi connectivity index (χ1v) is 6.03. The van der Waals surface area contributed by atoms with Crippen molar-refractivity contribution >= 4 is 17.3 Å². The third kappa shape index (κ3) is 2.47. The molecule has 18 heavy (non-hydrogen) atoms. The number of anilines is 2. The monoisotopic (exact) mass is 250 g/mol. The second kappa shape index (κ2) is 5.37. The highest BCUT2D eigenvalue weighted by atomic mass is 16.3. The minimum absolute atomic E-state index is 0.00861. The standard InChI is InChI=1S/C13H18N2O3/c1-15(11(8-17)4-5-16)10-2-3-12-9(6-10)7-13(18)14-12/h2-3,6,11,16-17H,4-5,7-8H2,1H3,(H,14,18). The number of carbonyl (C=O) groups is 1. The molecule has 1 unspecified atom stereocenters. The quantitative estimate of drug-likeness (QED) is 0.705. The molecule has 1 aliphatic rings. The Bertz CT molecular complexity index is 448. The summed E-state index contributed by atoms with van der Waals surface area (Å²) in [6.07, 6.45) is 0.919. The molecule has 1 atom stereocenters. The van der Waals surface area contributed by atoms with E-state index in [1.165, 1.54) is 0 Å². The van der Waals surface area contributed by atoms with Crippen molar-refractivity contribution in [3.8, 4) is 0 Å². The Hall–Kier alpha value is -1.59.